The van der Waals surface area contributed by atoms with Gasteiger partial charge in [-0.15, -0.1) is 0 Å². The van der Waals surface area contributed by atoms with E-state index in [1.165, 1.54) is 0 Å². The minimum Gasteiger partial charge on any atom is -0.170 e. The summed E-state index contributed by atoms with van der Waals surface area (Å²) >= 11 is 0. The molecule has 0 N–H and O–H groups in total. The molecule has 0 saturated carbocycles. The molecule has 9 nitrogen and oxygen atoms in total. The van der Waals surface area contributed by atoms with Crippen LogP contribution < -0.4 is 0 Å². The normalized spacial score (nSPS) is 15.8. The highest BCUT2D eigenvalue weighted by molar-refractivity contribution is 8.19. The maximum absolute atomic E-state index is 11.4. The number of rotatable bonds is 4. The third kappa shape index (κ3) is 2.33. The minimum absolute atomic E-state index is 0.218. The van der Waals surface area contributed by atoms with Gasteiger partial charge in [0.15, 0.2) is 0 Å². The lowest BCUT2D eigenvalue weighted by molar-refractivity contribution is -0.352. The number of nitrogens with zero attached hydrogens (tertiary/aromatic N) is 1. The molecule has 104 valence electrons. The van der Waals surface area contributed by atoms with E-state index in [2.05, 4.69) is 0 Å². The van der Waals surface area contributed by atoms with Crippen LogP contribution in [0.2, 0.25) is 0 Å². The van der Waals surface area contributed by atoms with Crippen molar-refractivity contribution in [1.82, 2.24) is 0 Å². The van der Waals surface area contributed by atoms with Crippen molar-refractivity contribution in [3.05, 3.63) is 0 Å². The summed E-state index contributed by atoms with van der Waals surface area (Å²) in [4.78, 5) is 0. The molecular formula is C4H12NO8S4+. The molecule has 0 aromatic carbocycles. The summed E-state index contributed by atoms with van der Waals surface area (Å²) in [5, 5.41) is 0. The van der Waals surface area contributed by atoms with Gasteiger partial charge in [-0.05, 0) is 0 Å². The second-order valence-electron chi connectivity index (χ2n) is 3.38. The van der Waals surface area contributed by atoms with E-state index in [0.717, 1.165) is 0 Å². The first-order valence-electron chi connectivity index (χ1n) is 3.70. The highest BCUT2D eigenvalue weighted by atomic mass is 32.4. The smallest absolute Gasteiger partial charge is 0.170 e. The predicted molar refractivity (Wildman–Crippen MR) is 59.6 cm³/mol. The van der Waals surface area contributed by atoms with Crippen LogP contribution in [0.4, 0.5) is 0 Å². The molecule has 0 amide bonds. The van der Waals surface area contributed by atoms with Crippen LogP contribution in [0.25, 0.3) is 0 Å². The quantitative estimate of drug-likeness (QED) is 0.522. The maximum atomic E-state index is 11.4. The molecule has 13 heteroatoms. The average molecular weight is 330 g/mol. The van der Waals surface area contributed by atoms with Crippen molar-refractivity contribution in [2.75, 3.05) is 25.0 Å². The standard InChI is InChI=1S/C4H12NO8S4/c1-14(6,7)5(15(2,8)9,16(3,10)11)17(4,12)13/h1-4H3/q+1. The summed E-state index contributed by atoms with van der Waals surface area (Å²) in [6, 6.07) is 0. The van der Waals surface area contributed by atoms with Gasteiger partial charge in [-0.25, -0.2) is 0 Å². The summed E-state index contributed by atoms with van der Waals surface area (Å²) < 4.78 is 88.4. The molecule has 0 aliphatic carbocycles. The van der Waals surface area contributed by atoms with E-state index in [0.29, 0.717) is 0 Å². The predicted octanol–water partition coefficient (Wildman–Crippen LogP) is -2.36. The third-order valence-corrected chi connectivity index (χ3v) is 14.6. The number of sulfonamides is 4. The van der Waals surface area contributed by atoms with Crippen LogP contribution in [0.5, 0.6) is 0 Å². The first-order chi connectivity index (χ1) is 7.00. The maximum Gasteiger partial charge on any atom is 0.338 e. The van der Waals surface area contributed by atoms with Gasteiger partial charge in [-0.3, -0.25) is 0 Å². The SMILES string of the molecule is CS(=O)(=O)[N+](S(C)(=O)=O)(S(C)(=O)=O)S(C)(=O)=O. The first-order valence-corrected chi connectivity index (χ1v) is 11.1. The Labute approximate surface area is 101 Å². The lowest BCUT2D eigenvalue weighted by Gasteiger charge is -2.26. The van der Waals surface area contributed by atoms with Gasteiger partial charge in [0.25, 0.3) is 0 Å². The molecule has 0 radical (unpaired) electrons. The van der Waals surface area contributed by atoms with Crippen molar-refractivity contribution < 1.29 is 35.8 Å². The van der Waals surface area contributed by atoms with E-state index < -0.39 is 42.2 Å². The highest BCUT2D eigenvalue weighted by Crippen LogP contribution is 2.30. The van der Waals surface area contributed by atoms with Crippen LogP contribution >= 0.6 is 0 Å². The number of hydrogen-bond acceptors (Lipinski definition) is 8. The van der Waals surface area contributed by atoms with Gasteiger partial charge in [-0.1, -0.05) is 0 Å². The molecule has 0 saturated heterocycles. The topological polar surface area (TPSA) is 137 Å². The summed E-state index contributed by atoms with van der Waals surface area (Å²) in [5.41, 5.74) is 0. The van der Waals surface area contributed by atoms with E-state index in [9.17, 15) is 33.7 Å². The van der Waals surface area contributed by atoms with Crippen molar-refractivity contribution in [2.45, 2.75) is 0 Å². The van der Waals surface area contributed by atoms with Gasteiger partial charge in [0.2, 0.25) is 0 Å². The molecule has 0 aromatic rings. The fourth-order valence-corrected chi connectivity index (χ4v) is 13.3. The van der Waals surface area contributed by atoms with Crippen LogP contribution in [0.1, 0.15) is 0 Å². The third-order valence-electron chi connectivity index (χ3n) is 1.62. The average Bonchev–Trinajstić information content (AvgIpc) is 1.67. The second-order valence-corrected chi connectivity index (χ2v) is 12.8. The fourth-order valence-electron chi connectivity index (χ4n) is 1.48. The Hall–Kier alpha value is -0.240. The molecule has 0 heterocycles. The van der Waals surface area contributed by atoms with Crippen LogP contribution in [0.15, 0.2) is 0 Å². The van der Waals surface area contributed by atoms with Crippen LogP contribution in [-0.2, 0) is 40.1 Å². The summed E-state index contributed by atoms with van der Waals surface area (Å²) in [6.45, 7) is 0. The molecule has 0 rings (SSSR count). The van der Waals surface area contributed by atoms with E-state index in [1.54, 1.807) is 0 Å². The molecule has 0 bridgehead atoms. The minimum atomic E-state index is -5.03. The molecule has 0 fully saturated rings. The summed E-state index contributed by atoms with van der Waals surface area (Å²) in [5.74, 6) is 0. The largest absolute Gasteiger partial charge is 0.338 e. The van der Waals surface area contributed by atoms with Gasteiger partial charge < -0.3 is 0 Å². The van der Waals surface area contributed by atoms with Crippen molar-refractivity contribution in [3.8, 4) is 0 Å². The van der Waals surface area contributed by atoms with Crippen LogP contribution in [0.3, 0.4) is 0 Å². The Bertz CT molecular complexity index is 588. The van der Waals surface area contributed by atoms with Gasteiger partial charge in [0, 0.05) is 0 Å². The van der Waals surface area contributed by atoms with Gasteiger partial charge in [0.05, 0.1) is 27.1 Å². The Balaban J connectivity index is 7.38. The molecule has 0 spiro atoms. The summed E-state index contributed by atoms with van der Waals surface area (Å²) in [6.07, 6.45) is 0.874. The number of hydrogen-bond donors (Lipinski definition) is 0. The zero-order valence-electron chi connectivity index (χ0n) is 9.35. The Morgan fingerprint density at radius 1 is 0.471 bits per heavy atom. The Morgan fingerprint density at radius 2 is 0.588 bits per heavy atom. The zero-order valence-corrected chi connectivity index (χ0v) is 12.6. The van der Waals surface area contributed by atoms with Gasteiger partial charge >= 0.3 is 40.1 Å². The molecular weight excluding hydrogens is 318 g/mol. The van der Waals surface area contributed by atoms with Crippen LogP contribution in [0, 0.1) is 0 Å². The lowest BCUT2D eigenvalue weighted by atomic mass is 12.0. The monoisotopic (exact) mass is 330 g/mol. The lowest BCUT2D eigenvalue weighted by Crippen LogP contribution is -2.61. The summed E-state index contributed by atoms with van der Waals surface area (Å²) in [7, 11) is -20.1. The van der Waals surface area contributed by atoms with Gasteiger partial charge in [0.1, 0.15) is 0 Å². The van der Waals surface area contributed by atoms with Crippen LogP contribution in [-0.4, -0.2) is 60.8 Å². The Kier molecular flexibility index (Phi) is 3.82. The number of quaternary nitrogens is 1. The zero-order chi connectivity index (χ0) is 14.5. The first kappa shape index (κ1) is 16.8. The Morgan fingerprint density at radius 3 is 0.588 bits per heavy atom. The molecule has 0 unspecified atom stereocenters. The fraction of sp³-hybridized carbons (Fsp3) is 1.00. The van der Waals surface area contributed by atoms with E-state index in [4.69, 9.17) is 0 Å². The highest BCUT2D eigenvalue weighted by Gasteiger charge is 2.66. The second kappa shape index (κ2) is 3.88. The molecule has 17 heavy (non-hydrogen) atoms. The van der Waals surface area contributed by atoms with Crippen molar-refractivity contribution >= 4 is 40.1 Å². The molecule has 0 aliphatic rings. The molecule has 0 atom stereocenters. The van der Waals surface area contributed by atoms with E-state index in [1.807, 2.05) is 0 Å². The molecule has 0 aliphatic heterocycles. The van der Waals surface area contributed by atoms with Crippen molar-refractivity contribution in [2.24, 2.45) is 0 Å². The van der Waals surface area contributed by atoms with E-state index >= 15 is 0 Å². The van der Waals surface area contributed by atoms with Crippen molar-refractivity contribution in [3.63, 3.8) is 0 Å². The molecule has 0 aromatic heterocycles. The van der Waals surface area contributed by atoms with Crippen molar-refractivity contribution in [1.29, 1.82) is 0 Å². The van der Waals surface area contributed by atoms with E-state index in [-0.39, 0.29) is 25.0 Å². The van der Waals surface area contributed by atoms with Gasteiger partial charge in [-0.2, -0.15) is 33.7 Å².